The molecule has 1 aliphatic carbocycles. The predicted octanol–water partition coefficient (Wildman–Crippen LogP) is 2.83. The van der Waals surface area contributed by atoms with Crippen molar-refractivity contribution in [3.63, 3.8) is 0 Å². The molecule has 0 spiro atoms. The van der Waals surface area contributed by atoms with Gasteiger partial charge in [-0.25, -0.2) is 0 Å². The first-order valence-electron chi connectivity index (χ1n) is 7.41. The second-order valence-electron chi connectivity index (χ2n) is 5.28. The van der Waals surface area contributed by atoms with Gasteiger partial charge in [-0.15, -0.1) is 0 Å². The maximum absolute atomic E-state index is 12.1. The van der Waals surface area contributed by atoms with Crippen molar-refractivity contribution in [2.75, 3.05) is 5.32 Å². The minimum absolute atomic E-state index is 0.0123. The molecule has 0 bridgehead atoms. The van der Waals surface area contributed by atoms with E-state index in [-0.39, 0.29) is 5.57 Å². The minimum atomic E-state index is -0.506. The van der Waals surface area contributed by atoms with Crippen molar-refractivity contribution in [2.45, 2.75) is 38.1 Å². The molecule has 0 radical (unpaired) electrons. The highest BCUT2D eigenvalue weighted by molar-refractivity contribution is 6.07. The van der Waals surface area contributed by atoms with E-state index in [2.05, 4.69) is 10.6 Å². The van der Waals surface area contributed by atoms with Gasteiger partial charge in [0.15, 0.2) is 0 Å². The summed E-state index contributed by atoms with van der Waals surface area (Å²) in [7, 11) is 0. The van der Waals surface area contributed by atoms with E-state index in [4.69, 9.17) is 10.5 Å². The third-order valence-electron chi connectivity index (χ3n) is 3.73. The van der Waals surface area contributed by atoms with Crippen LogP contribution in [0.3, 0.4) is 0 Å². The second-order valence-corrected chi connectivity index (χ2v) is 5.28. The number of hydrogen-bond donors (Lipinski definition) is 2. The van der Waals surface area contributed by atoms with E-state index in [9.17, 15) is 4.79 Å². The van der Waals surface area contributed by atoms with E-state index in [0.717, 1.165) is 12.8 Å². The molecule has 1 amide bonds. The molecule has 0 unspecified atom stereocenters. The summed E-state index contributed by atoms with van der Waals surface area (Å²) in [5.41, 5.74) is 0.792. The number of rotatable bonds is 4. The molecule has 5 nitrogen and oxygen atoms in total. The Morgan fingerprint density at radius 3 is 2.59 bits per heavy atom. The van der Waals surface area contributed by atoms with Crippen LogP contribution in [0.15, 0.2) is 36.0 Å². The summed E-state index contributed by atoms with van der Waals surface area (Å²) in [6.07, 6.45) is 7.21. The first kappa shape index (κ1) is 15.6. The van der Waals surface area contributed by atoms with Gasteiger partial charge in [0.1, 0.15) is 17.7 Å². The van der Waals surface area contributed by atoms with Crippen molar-refractivity contribution in [1.82, 2.24) is 5.32 Å². The van der Waals surface area contributed by atoms with Gasteiger partial charge in [0, 0.05) is 12.2 Å². The van der Waals surface area contributed by atoms with Crippen molar-refractivity contribution >= 4 is 11.6 Å². The van der Waals surface area contributed by atoms with Gasteiger partial charge in [-0.3, -0.25) is 4.79 Å². The number of amides is 1. The molecule has 1 saturated carbocycles. The minimum Gasteiger partial charge on any atom is -0.387 e. The molecule has 1 aromatic rings. The van der Waals surface area contributed by atoms with Crippen LogP contribution >= 0.6 is 0 Å². The largest absolute Gasteiger partial charge is 0.387 e. The summed E-state index contributed by atoms with van der Waals surface area (Å²) in [6.45, 7) is 0. The van der Waals surface area contributed by atoms with Crippen LogP contribution in [-0.4, -0.2) is 11.9 Å². The monoisotopic (exact) mass is 294 g/mol. The lowest BCUT2D eigenvalue weighted by Gasteiger charge is -2.21. The number of para-hydroxylation sites is 1. The second kappa shape index (κ2) is 7.85. The van der Waals surface area contributed by atoms with Gasteiger partial charge in [0.05, 0.1) is 11.3 Å². The van der Waals surface area contributed by atoms with E-state index in [1.165, 1.54) is 25.5 Å². The topological polar surface area (TPSA) is 88.7 Å². The molecule has 0 aromatic heterocycles. The zero-order valence-electron chi connectivity index (χ0n) is 12.3. The summed E-state index contributed by atoms with van der Waals surface area (Å²) in [5, 5.41) is 23.9. The number of anilines is 1. The Labute approximate surface area is 130 Å². The fraction of sp³-hybridized carbons (Fsp3) is 0.353. The van der Waals surface area contributed by atoms with Crippen LogP contribution in [0.5, 0.6) is 0 Å². The van der Waals surface area contributed by atoms with Crippen LogP contribution in [0.2, 0.25) is 0 Å². The van der Waals surface area contributed by atoms with E-state index in [1.807, 2.05) is 12.1 Å². The normalized spacial score (nSPS) is 15.5. The van der Waals surface area contributed by atoms with Crippen LogP contribution in [0.4, 0.5) is 5.69 Å². The van der Waals surface area contributed by atoms with Gasteiger partial charge in [-0.2, -0.15) is 10.5 Å². The lowest BCUT2D eigenvalue weighted by atomic mass is 9.96. The number of hydrogen-bond acceptors (Lipinski definition) is 4. The molecule has 1 aliphatic rings. The SMILES string of the molecule is N#C/C(=C/NC1CCCCC1)C(=O)Nc1ccccc1C#N. The molecule has 112 valence electrons. The smallest absolute Gasteiger partial charge is 0.267 e. The lowest BCUT2D eigenvalue weighted by Crippen LogP contribution is -2.28. The average Bonchev–Trinajstić information content (AvgIpc) is 2.57. The van der Waals surface area contributed by atoms with Gasteiger partial charge < -0.3 is 10.6 Å². The summed E-state index contributed by atoms with van der Waals surface area (Å²) >= 11 is 0. The van der Waals surface area contributed by atoms with Crippen molar-refractivity contribution in [3.05, 3.63) is 41.6 Å². The fourth-order valence-corrected chi connectivity index (χ4v) is 2.50. The number of benzene rings is 1. The van der Waals surface area contributed by atoms with Crippen LogP contribution in [0, 0.1) is 22.7 Å². The van der Waals surface area contributed by atoms with E-state index in [1.54, 1.807) is 24.3 Å². The number of carbonyl (C=O) groups is 1. The Balaban J connectivity index is 2.02. The highest BCUT2D eigenvalue weighted by Gasteiger charge is 2.14. The zero-order chi connectivity index (χ0) is 15.8. The van der Waals surface area contributed by atoms with Crippen molar-refractivity contribution < 1.29 is 4.79 Å². The molecule has 2 N–H and O–H groups in total. The fourth-order valence-electron chi connectivity index (χ4n) is 2.50. The van der Waals surface area contributed by atoms with Crippen LogP contribution < -0.4 is 10.6 Å². The maximum Gasteiger partial charge on any atom is 0.267 e. The first-order valence-corrected chi connectivity index (χ1v) is 7.41. The highest BCUT2D eigenvalue weighted by Crippen LogP contribution is 2.18. The molecule has 0 atom stereocenters. The standard InChI is InChI=1S/C17H18N4O/c18-10-13-6-4-5-9-16(13)21-17(22)14(11-19)12-20-15-7-2-1-3-8-15/h4-6,9,12,15,20H,1-3,7-8H2,(H,21,22)/b14-12-. The zero-order valence-corrected chi connectivity index (χ0v) is 12.3. The van der Waals surface area contributed by atoms with Gasteiger partial charge in [-0.1, -0.05) is 31.4 Å². The summed E-state index contributed by atoms with van der Waals surface area (Å²) in [4.78, 5) is 12.1. The van der Waals surface area contributed by atoms with Crippen molar-refractivity contribution in [1.29, 1.82) is 10.5 Å². The van der Waals surface area contributed by atoms with E-state index >= 15 is 0 Å². The molecule has 1 fully saturated rings. The van der Waals surface area contributed by atoms with Crippen LogP contribution in [0.25, 0.3) is 0 Å². The molecule has 22 heavy (non-hydrogen) atoms. The number of carbonyl (C=O) groups excluding carboxylic acids is 1. The number of nitriles is 2. The molecule has 2 rings (SSSR count). The quantitative estimate of drug-likeness (QED) is 0.660. The summed E-state index contributed by atoms with van der Waals surface area (Å²) in [6, 6.07) is 10.9. The van der Waals surface area contributed by atoms with Crippen molar-refractivity contribution in [3.8, 4) is 12.1 Å². The third kappa shape index (κ3) is 4.10. The average molecular weight is 294 g/mol. The molecular weight excluding hydrogens is 276 g/mol. The third-order valence-corrected chi connectivity index (χ3v) is 3.73. The maximum atomic E-state index is 12.1. The summed E-state index contributed by atoms with van der Waals surface area (Å²) in [5.74, 6) is -0.506. The van der Waals surface area contributed by atoms with E-state index in [0.29, 0.717) is 17.3 Å². The molecular formula is C17H18N4O. The molecule has 1 aromatic carbocycles. The predicted molar refractivity (Wildman–Crippen MR) is 83.5 cm³/mol. The van der Waals surface area contributed by atoms with Gasteiger partial charge >= 0.3 is 0 Å². The highest BCUT2D eigenvalue weighted by atomic mass is 16.1. The van der Waals surface area contributed by atoms with Gasteiger partial charge in [0.2, 0.25) is 0 Å². The first-order chi connectivity index (χ1) is 10.7. The van der Waals surface area contributed by atoms with Crippen LogP contribution in [0.1, 0.15) is 37.7 Å². The van der Waals surface area contributed by atoms with Gasteiger partial charge in [-0.05, 0) is 25.0 Å². The Bertz CT molecular complexity index is 645. The molecule has 0 aliphatic heterocycles. The molecule has 5 heteroatoms. The van der Waals surface area contributed by atoms with Crippen LogP contribution in [-0.2, 0) is 4.79 Å². The number of nitrogens with zero attached hydrogens (tertiary/aromatic N) is 2. The number of nitrogens with one attached hydrogen (secondary N) is 2. The Hall–Kier alpha value is -2.79. The Morgan fingerprint density at radius 1 is 1.18 bits per heavy atom. The summed E-state index contributed by atoms with van der Waals surface area (Å²) < 4.78 is 0. The Kier molecular flexibility index (Phi) is 5.57. The van der Waals surface area contributed by atoms with E-state index < -0.39 is 5.91 Å². The lowest BCUT2D eigenvalue weighted by molar-refractivity contribution is -0.112. The van der Waals surface area contributed by atoms with Gasteiger partial charge in [0.25, 0.3) is 5.91 Å². The molecule has 0 saturated heterocycles. The van der Waals surface area contributed by atoms with Crippen molar-refractivity contribution in [2.24, 2.45) is 0 Å². The Morgan fingerprint density at radius 2 is 1.91 bits per heavy atom. The molecule has 0 heterocycles.